The van der Waals surface area contributed by atoms with Crippen molar-refractivity contribution >= 4 is 10.8 Å². The fourth-order valence-electron chi connectivity index (χ4n) is 3.26. The normalized spacial score (nSPS) is 17.4. The van der Waals surface area contributed by atoms with Gasteiger partial charge in [-0.2, -0.15) is 0 Å². The van der Waals surface area contributed by atoms with Crippen molar-refractivity contribution in [3.63, 3.8) is 0 Å². The Morgan fingerprint density at radius 1 is 1.14 bits per heavy atom. The van der Waals surface area contributed by atoms with Crippen LogP contribution in [0.2, 0.25) is 0 Å². The van der Waals surface area contributed by atoms with Crippen LogP contribution in [0.1, 0.15) is 30.9 Å². The first-order valence-electron chi connectivity index (χ1n) is 8.02. The van der Waals surface area contributed by atoms with E-state index in [0.29, 0.717) is 6.04 Å². The molecule has 0 saturated heterocycles. The minimum Gasteiger partial charge on any atom is -0.494 e. The molecule has 112 valence electrons. The Balaban J connectivity index is 1.98. The van der Waals surface area contributed by atoms with Gasteiger partial charge in [0.1, 0.15) is 5.75 Å². The quantitative estimate of drug-likeness (QED) is 0.768. The maximum absolute atomic E-state index is 5.94. The van der Waals surface area contributed by atoms with Crippen molar-refractivity contribution in [2.45, 2.75) is 38.6 Å². The zero-order valence-corrected chi connectivity index (χ0v) is 13.4. The minimum atomic E-state index is 0.592. The third-order valence-electron chi connectivity index (χ3n) is 4.53. The second-order valence-electron chi connectivity index (χ2n) is 6.33. The van der Waals surface area contributed by atoms with Crippen LogP contribution in [0.4, 0.5) is 0 Å². The van der Waals surface area contributed by atoms with Crippen LogP contribution in [0.15, 0.2) is 30.3 Å². The Morgan fingerprint density at radius 2 is 1.95 bits per heavy atom. The van der Waals surface area contributed by atoms with E-state index in [4.69, 9.17) is 4.74 Å². The molecule has 2 aromatic carbocycles. The molecular weight excluding hydrogens is 258 g/mol. The van der Waals surface area contributed by atoms with E-state index in [9.17, 15) is 0 Å². The molecule has 0 heterocycles. The van der Waals surface area contributed by atoms with Crippen LogP contribution < -0.4 is 4.74 Å². The molecule has 0 fully saturated rings. The van der Waals surface area contributed by atoms with Gasteiger partial charge in [0.05, 0.1) is 6.61 Å². The van der Waals surface area contributed by atoms with Gasteiger partial charge in [-0.25, -0.2) is 0 Å². The molecule has 21 heavy (non-hydrogen) atoms. The minimum absolute atomic E-state index is 0.592. The molecule has 0 aliphatic heterocycles. The summed E-state index contributed by atoms with van der Waals surface area (Å²) in [4.78, 5) is 2.34. The van der Waals surface area contributed by atoms with E-state index < -0.39 is 0 Å². The first-order valence-corrected chi connectivity index (χ1v) is 8.02. The van der Waals surface area contributed by atoms with E-state index in [1.54, 1.807) is 0 Å². The van der Waals surface area contributed by atoms with Gasteiger partial charge in [0.25, 0.3) is 0 Å². The number of rotatable bonds is 5. The maximum atomic E-state index is 5.94. The first-order chi connectivity index (χ1) is 10.2. The fraction of sp³-hybridized carbons (Fsp3) is 0.474. The lowest BCUT2D eigenvalue weighted by Gasteiger charge is -2.30. The third-order valence-corrected chi connectivity index (χ3v) is 4.53. The van der Waals surface area contributed by atoms with Crippen LogP contribution in [0.5, 0.6) is 5.75 Å². The van der Waals surface area contributed by atoms with Crippen molar-refractivity contribution in [3.05, 3.63) is 41.5 Å². The predicted octanol–water partition coefficient (Wildman–Crippen LogP) is 4.05. The lowest BCUT2D eigenvalue weighted by atomic mass is 9.85. The molecule has 2 nitrogen and oxygen atoms in total. The molecule has 0 saturated carbocycles. The average Bonchev–Trinajstić information content (AvgIpc) is 2.47. The molecule has 1 atom stereocenters. The first kappa shape index (κ1) is 14.4. The molecule has 0 aromatic heterocycles. The second kappa shape index (κ2) is 6.07. The van der Waals surface area contributed by atoms with E-state index in [-0.39, 0.29) is 0 Å². The largest absolute Gasteiger partial charge is 0.494 e. The van der Waals surface area contributed by atoms with Crippen LogP contribution in [-0.4, -0.2) is 31.6 Å². The monoisotopic (exact) mass is 283 g/mol. The van der Waals surface area contributed by atoms with Crippen molar-refractivity contribution in [1.82, 2.24) is 4.90 Å². The highest BCUT2D eigenvalue weighted by Crippen LogP contribution is 2.34. The Morgan fingerprint density at radius 3 is 2.71 bits per heavy atom. The molecule has 0 spiro atoms. The van der Waals surface area contributed by atoms with Crippen LogP contribution >= 0.6 is 0 Å². The number of ether oxygens (including phenoxy) is 1. The van der Waals surface area contributed by atoms with Crippen LogP contribution in [0.25, 0.3) is 10.8 Å². The maximum Gasteiger partial charge on any atom is 0.120 e. The van der Waals surface area contributed by atoms with E-state index in [2.05, 4.69) is 56.3 Å². The van der Waals surface area contributed by atoms with Gasteiger partial charge in [0, 0.05) is 6.04 Å². The summed E-state index contributed by atoms with van der Waals surface area (Å²) in [5.74, 6) is 1.03. The molecule has 1 unspecified atom stereocenters. The van der Waals surface area contributed by atoms with E-state index in [1.807, 2.05) is 0 Å². The van der Waals surface area contributed by atoms with Gasteiger partial charge in [-0.05, 0) is 67.4 Å². The smallest absolute Gasteiger partial charge is 0.120 e. The van der Waals surface area contributed by atoms with Gasteiger partial charge in [-0.1, -0.05) is 31.5 Å². The third kappa shape index (κ3) is 2.91. The number of nitrogens with zero attached hydrogens (tertiary/aromatic N) is 1. The number of hydrogen-bond acceptors (Lipinski definition) is 2. The van der Waals surface area contributed by atoms with Gasteiger partial charge in [-0.15, -0.1) is 0 Å². The van der Waals surface area contributed by atoms with Gasteiger partial charge in [0.15, 0.2) is 0 Å². The second-order valence-corrected chi connectivity index (χ2v) is 6.33. The van der Waals surface area contributed by atoms with Crippen molar-refractivity contribution in [2.75, 3.05) is 20.7 Å². The van der Waals surface area contributed by atoms with Crippen LogP contribution in [0.3, 0.4) is 0 Å². The van der Waals surface area contributed by atoms with Gasteiger partial charge < -0.3 is 9.64 Å². The van der Waals surface area contributed by atoms with E-state index in [0.717, 1.165) is 31.6 Å². The van der Waals surface area contributed by atoms with Crippen molar-refractivity contribution in [3.8, 4) is 5.75 Å². The standard InChI is InChI=1S/C19H25NO/c1-4-5-9-21-18-12-15-8-6-7-14-10-17(20(2)3)11-16(13-18)19(14)15/h6-8,12-13,17H,4-5,9-11H2,1-3H3. The average molecular weight is 283 g/mol. The van der Waals surface area contributed by atoms with Gasteiger partial charge in [0.2, 0.25) is 0 Å². The number of hydrogen-bond donors (Lipinski definition) is 0. The summed E-state index contributed by atoms with van der Waals surface area (Å²) in [6, 6.07) is 11.7. The molecule has 0 bridgehead atoms. The number of benzene rings is 2. The van der Waals surface area contributed by atoms with E-state index >= 15 is 0 Å². The molecule has 2 aromatic rings. The summed E-state index contributed by atoms with van der Waals surface area (Å²) < 4.78 is 5.94. The summed E-state index contributed by atoms with van der Waals surface area (Å²) in [7, 11) is 4.36. The fourth-order valence-corrected chi connectivity index (χ4v) is 3.26. The molecule has 1 aliphatic rings. The topological polar surface area (TPSA) is 12.5 Å². The summed E-state index contributed by atoms with van der Waals surface area (Å²) >= 11 is 0. The van der Waals surface area contributed by atoms with Crippen molar-refractivity contribution < 1.29 is 4.74 Å². The molecular formula is C19H25NO. The van der Waals surface area contributed by atoms with Crippen molar-refractivity contribution in [2.24, 2.45) is 0 Å². The van der Waals surface area contributed by atoms with Crippen LogP contribution in [0, 0.1) is 0 Å². The molecule has 0 amide bonds. The Bertz CT molecular complexity index is 633. The molecule has 0 radical (unpaired) electrons. The zero-order chi connectivity index (χ0) is 14.8. The highest BCUT2D eigenvalue weighted by molar-refractivity contribution is 5.91. The Kier molecular flexibility index (Phi) is 4.16. The predicted molar refractivity (Wildman–Crippen MR) is 89.2 cm³/mol. The number of likely N-dealkylation sites (N-methyl/N-ethyl adjacent to an activating group) is 1. The highest BCUT2D eigenvalue weighted by atomic mass is 16.5. The summed E-state index contributed by atoms with van der Waals surface area (Å²) in [5, 5.41) is 2.78. The Hall–Kier alpha value is -1.54. The van der Waals surface area contributed by atoms with Gasteiger partial charge in [-0.3, -0.25) is 0 Å². The molecule has 2 heteroatoms. The molecule has 3 rings (SSSR count). The summed E-state index contributed by atoms with van der Waals surface area (Å²) in [6.07, 6.45) is 4.56. The zero-order valence-electron chi connectivity index (χ0n) is 13.4. The summed E-state index contributed by atoms with van der Waals surface area (Å²) in [5.41, 5.74) is 2.92. The summed E-state index contributed by atoms with van der Waals surface area (Å²) in [6.45, 7) is 3.01. The lowest BCUT2D eigenvalue weighted by molar-refractivity contribution is 0.286. The lowest BCUT2D eigenvalue weighted by Crippen LogP contribution is -2.34. The highest BCUT2D eigenvalue weighted by Gasteiger charge is 2.22. The van der Waals surface area contributed by atoms with Gasteiger partial charge >= 0.3 is 0 Å². The SMILES string of the molecule is CCCCOc1cc2c3c(cccc3c1)CC(N(C)C)C2. The van der Waals surface area contributed by atoms with Crippen LogP contribution in [-0.2, 0) is 12.8 Å². The number of unbranched alkanes of at least 4 members (excludes halogenated alkanes) is 1. The van der Waals surface area contributed by atoms with E-state index in [1.165, 1.54) is 28.3 Å². The van der Waals surface area contributed by atoms with Crippen molar-refractivity contribution in [1.29, 1.82) is 0 Å². The molecule has 1 aliphatic carbocycles. The molecule has 0 N–H and O–H groups in total. The Labute approximate surface area is 127 Å².